The van der Waals surface area contributed by atoms with Gasteiger partial charge >= 0.3 is 0 Å². The molecule has 0 amide bonds. The molecule has 1 fully saturated rings. The molecule has 0 heterocycles. The molecule has 1 rings (SSSR count). The lowest BCUT2D eigenvalue weighted by atomic mass is 9.80. The van der Waals surface area contributed by atoms with Crippen LogP contribution in [0.1, 0.15) is 39.0 Å². The summed E-state index contributed by atoms with van der Waals surface area (Å²) < 4.78 is 0. The summed E-state index contributed by atoms with van der Waals surface area (Å²) >= 11 is 0. The Morgan fingerprint density at radius 3 is 2.77 bits per heavy atom. The summed E-state index contributed by atoms with van der Waals surface area (Å²) in [6.45, 7) is 6.61. The van der Waals surface area contributed by atoms with Crippen LogP contribution in [-0.2, 0) is 0 Å². The quantitative estimate of drug-likeness (QED) is 0.616. The van der Waals surface area contributed by atoms with Crippen molar-refractivity contribution in [1.82, 2.24) is 5.32 Å². The Morgan fingerprint density at radius 1 is 1.62 bits per heavy atom. The first kappa shape index (κ1) is 10.7. The summed E-state index contributed by atoms with van der Waals surface area (Å²) in [6.07, 6.45) is 7.21. The van der Waals surface area contributed by atoms with Crippen LogP contribution < -0.4 is 5.32 Å². The van der Waals surface area contributed by atoms with Crippen molar-refractivity contribution in [1.29, 1.82) is 0 Å². The first-order valence-electron chi connectivity index (χ1n) is 5.23. The second-order valence-corrected chi connectivity index (χ2v) is 4.23. The molecule has 13 heavy (non-hydrogen) atoms. The third-order valence-electron chi connectivity index (χ3n) is 2.87. The Balaban J connectivity index is 2.06. The van der Waals surface area contributed by atoms with Gasteiger partial charge in [0.1, 0.15) is 0 Å². The fourth-order valence-electron chi connectivity index (χ4n) is 1.60. The predicted octanol–water partition coefficient (Wildman–Crippen LogP) is 1.85. The van der Waals surface area contributed by atoms with Crippen LogP contribution in [-0.4, -0.2) is 23.3 Å². The predicted molar refractivity (Wildman–Crippen MR) is 55.7 cm³/mol. The minimum atomic E-state index is -0.386. The summed E-state index contributed by atoms with van der Waals surface area (Å²) in [5.41, 5.74) is -0.386. The number of rotatable bonds is 6. The maximum absolute atomic E-state index is 9.80. The van der Waals surface area contributed by atoms with Crippen molar-refractivity contribution in [3.05, 3.63) is 12.7 Å². The van der Waals surface area contributed by atoms with Gasteiger partial charge in [-0.05, 0) is 39.0 Å². The Hall–Kier alpha value is -0.340. The summed E-state index contributed by atoms with van der Waals surface area (Å²) in [6, 6.07) is 0.489. The van der Waals surface area contributed by atoms with E-state index in [9.17, 15) is 5.11 Å². The Bertz CT molecular complexity index is 163. The van der Waals surface area contributed by atoms with E-state index in [1.165, 1.54) is 6.42 Å². The zero-order valence-corrected chi connectivity index (χ0v) is 8.55. The van der Waals surface area contributed by atoms with Crippen LogP contribution in [0, 0.1) is 0 Å². The van der Waals surface area contributed by atoms with Crippen molar-refractivity contribution in [3.8, 4) is 0 Å². The highest BCUT2D eigenvalue weighted by Crippen LogP contribution is 2.30. The summed E-state index contributed by atoms with van der Waals surface area (Å²) in [5, 5.41) is 13.2. The van der Waals surface area contributed by atoms with Crippen molar-refractivity contribution in [2.45, 2.75) is 50.7 Å². The fourth-order valence-corrected chi connectivity index (χ4v) is 1.60. The minimum Gasteiger partial charge on any atom is -0.389 e. The summed E-state index contributed by atoms with van der Waals surface area (Å²) in [5.74, 6) is 0. The van der Waals surface area contributed by atoms with E-state index in [0.29, 0.717) is 6.04 Å². The highest BCUT2D eigenvalue weighted by molar-refractivity contribution is 4.90. The largest absolute Gasteiger partial charge is 0.389 e. The zero-order valence-electron chi connectivity index (χ0n) is 8.55. The fraction of sp³-hybridized carbons (Fsp3) is 0.818. The number of nitrogens with one attached hydrogen (secondary N) is 1. The van der Waals surface area contributed by atoms with Crippen molar-refractivity contribution in [2.24, 2.45) is 0 Å². The lowest BCUT2D eigenvalue weighted by Gasteiger charge is -2.37. The molecule has 2 heteroatoms. The average Bonchev–Trinajstić information content (AvgIpc) is 2.08. The van der Waals surface area contributed by atoms with Crippen LogP contribution in [0.2, 0.25) is 0 Å². The molecular weight excluding hydrogens is 162 g/mol. The summed E-state index contributed by atoms with van der Waals surface area (Å²) in [7, 11) is 0. The molecule has 1 saturated carbocycles. The maximum Gasteiger partial charge on any atom is 0.0771 e. The minimum absolute atomic E-state index is 0.386. The van der Waals surface area contributed by atoms with Crippen LogP contribution in [0.25, 0.3) is 0 Å². The van der Waals surface area contributed by atoms with E-state index in [2.05, 4.69) is 18.8 Å². The van der Waals surface area contributed by atoms with Gasteiger partial charge in [-0.25, -0.2) is 0 Å². The smallest absolute Gasteiger partial charge is 0.0771 e. The Labute approximate surface area is 81.0 Å². The third-order valence-corrected chi connectivity index (χ3v) is 2.87. The lowest BCUT2D eigenvalue weighted by Crippen LogP contribution is -2.48. The molecule has 1 unspecified atom stereocenters. The van der Waals surface area contributed by atoms with Crippen molar-refractivity contribution < 1.29 is 5.11 Å². The molecule has 0 saturated heterocycles. The molecule has 0 bridgehead atoms. The molecular formula is C11H21NO. The van der Waals surface area contributed by atoms with E-state index >= 15 is 0 Å². The number of allylic oxidation sites excluding steroid dienone is 1. The number of aliphatic hydroxyl groups is 1. The molecule has 1 aliphatic carbocycles. The zero-order chi connectivity index (χ0) is 9.73. The van der Waals surface area contributed by atoms with Crippen LogP contribution in [0.3, 0.4) is 0 Å². The monoisotopic (exact) mass is 183 g/mol. The molecule has 0 aromatic heterocycles. The Kier molecular flexibility index (Phi) is 3.94. The highest BCUT2D eigenvalue weighted by atomic mass is 16.3. The lowest BCUT2D eigenvalue weighted by molar-refractivity contribution is -0.0329. The standard InChI is InChI=1S/C11H21NO/c1-3-4-6-10(2)12-9-11(13)7-5-8-11/h3,10,12-13H,1,4-9H2,2H3. The first-order valence-corrected chi connectivity index (χ1v) is 5.23. The molecule has 0 spiro atoms. The van der Waals surface area contributed by atoms with Gasteiger partial charge in [0.15, 0.2) is 0 Å². The van der Waals surface area contributed by atoms with Crippen molar-refractivity contribution in [3.63, 3.8) is 0 Å². The molecule has 76 valence electrons. The van der Waals surface area contributed by atoms with Crippen LogP contribution in [0.15, 0.2) is 12.7 Å². The molecule has 0 radical (unpaired) electrons. The van der Waals surface area contributed by atoms with Gasteiger partial charge in [-0.3, -0.25) is 0 Å². The van der Waals surface area contributed by atoms with Crippen LogP contribution >= 0.6 is 0 Å². The van der Waals surface area contributed by atoms with Crippen molar-refractivity contribution in [2.75, 3.05) is 6.54 Å². The molecule has 0 aliphatic heterocycles. The van der Waals surface area contributed by atoms with E-state index < -0.39 is 0 Å². The SMILES string of the molecule is C=CCCC(C)NCC1(O)CCC1. The highest BCUT2D eigenvalue weighted by Gasteiger charge is 2.33. The van der Waals surface area contributed by atoms with Gasteiger partial charge in [-0.15, -0.1) is 6.58 Å². The number of hydrogen-bond donors (Lipinski definition) is 2. The van der Waals surface area contributed by atoms with E-state index in [-0.39, 0.29) is 5.60 Å². The molecule has 0 aromatic rings. The number of hydrogen-bond acceptors (Lipinski definition) is 2. The summed E-state index contributed by atoms with van der Waals surface area (Å²) in [4.78, 5) is 0. The van der Waals surface area contributed by atoms with Crippen LogP contribution in [0.5, 0.6) is 0 Å². The van der Waals surface area contributed by atoms with Gasteiger partial charge in [0, 0.05) is 12.6 Å². The molecule has 1 atom stereocenters. The van der Waals surface area contributed by atoms with E-state index in [1.807, 2.05) is 6.08 Å². The van der Waals surface area contributed by atoms with Gasteiger partial charge in [-0.1, -0.05) is 6.08 Å². The Morgan fingerprint density at radius 2 is 2.31 bits per heavy atom. The van der Waals surface area contributed by atoms with Crippen LogP contribution in [0.4, 0.5) is 0 Å². The second-order valence-electron chi connectivity index (χ2n) is 4.23. The normalized spacial score (nSPS) is 22.0. The third kappa shape index (κ3) is 3.49. The van der Waals surface area contributed by atoms with Gasteiger partial charge in [0.25, 0.3) is 0 Å². The molecule has 0 aromatic carbocycles. The second kappa shape index (κ2) is 4.77. The molecule has 2 N–H and O–H groups in total. The molecule has 1 aliphatic rings. The van der Waals surface area contributed by atoms with Crippen molar-refractivity contribution >= 4 is 0 Å². The first-order chi connectivity index (χ1) is 6.16. The van der Waals surface area contributed by atoms with Gasteiger partial charge in [0.05, 0.1) is 5.60 Å². The average molecular weight is 183 g/mol. The van der Waals surface area contributed by atoms with E-state index in [0.717, 1.165) is 32.2 Å². The van der Waals surface area contributed by atoms with E-state index in [4.69, 9.17) is 0 Å². The van der Waals surface area contributed by atoms with Gasteiger partial charge < -0.3 is 10.4 Å². The maximum atomic E-state index is 9.80. The van der Waals surface area contributed by atoms with E-state index in [1.54, 1.807) is 0 Å². The van der Waals surface area contributed by atoms with Gasteiger partial charge in [-0.2, -0.15) is 0 Å². The van der Waals surface area contributed by atoms with Gasteiger partial charge in [0.2, 0.25) is 0 Å². The molecule has 2 nitrogen and oxygen atoms in total. The topological polar surface area (TPSA) is 32.3 Å².